The summed E-state index contributed by atoms with van der Waals surface area (Å²) in [5.41, 5.74) is -0.380. The van der Waals surface area contributed by atoms with Gasteiger partial charge in [-0.1, -0.05) is 18.6 Å². The third kappa shape index (κ3) is 2.00. The first-order valence-corrected chi connectivity index (χ1v) is 6.91. The van der Waals surface area contributed by atoms with Crippen LogP contribution in [0, 0.1) is 23.0 Å². The summed E-state index contributed by atoms with van der Waals surface area (Å²) in [4.78, 5) is 13.5. The van der Waals surface area contributed by atoms with E-state index in [4.69, 9.17) is 0 Å². The highest BCUT2D eigenvalue weighted by Gasteiger charge is 2.54. The summed E-state index contributed by atoms with van der Waals surface area (Å²) in [7, 11) is 0. The highest BCUT2D eigenvalue weighted by atomic mass is 19.2. The van der Waals surface area contributed by atoms with Gasteiger partial charge in [0, 0.05) is 25.2 Å². The Morgan fingerprint density at radius 2 is 2.25 bits per heavy atom. The summed E-state index contributed by atoms with van der Waals surface area (Å²) in [6.07, 6.45) is 2.54. The van der Waals surface area contributed by atoms with E-state index in [9.17, 15) is 18.7 Å². The van der Waals surface area contributed by atoms with Gasteiger partial charge < -0.3 is 5.11 Å². The third-order valence-corrected chi connectivity index (χ3v) is 4.79. The molecule has 5 heteroatoms. The minimum Gasteiger partial charge on any atom is -0.481 e. The Kier molecular flexibility index (Phi) is 3.24. The Labute approximate surface area is 116 Å². The molecular weight excluding hydrogens is 264 g/mol. The molecule has 2 fully saturated rings. The number of hydrogen-bond acceptors (Lipinski definition) is 2. The van der Waals surface area contributed by atoms with Crippen LogP contribution in [0.2, 0.25) is 0 Å². The first kappa shape index (κ1) is 13.5. The average molecular weight is 281 g/mol. The maximum Gasteiger partial charge on any atom is 0.311 e. The topological polar surface area (TPSA) is 40.5 Å². The molecule has 108 valence electrons. The number of rotatable bonds is 3. The lowest BCUT2D eigenvalue weighted by atomic mass is 9.81. The average Bonchev–Trinajstić information content (AvgIpc) is 2.92. The number of carboxylic acids is 1. The molecule has 3 rings (SSSR count). The van der Waals surface area contributed by atoms with Gasteiger partial charge in [0.15, 0.2) is 11.6 Å². The molecule has 1 saturated carbocycles. The maximum atomic E-state index is 13.7. The van der Waals surface area contributed by atoms with Crippen LogP contribution in [0.25, 0.3) is 0 Å². The van der Waals surface area contributed by atoms with Crippen LogP contribution in [-0.4, -0.2) is 29.1 Å². The number of hydrogen-bond donors (Lipinski definition) is 1. The molecule has 1 heterocycles. The van der Waals surface area contributed by atoms with Crippen LogP contribution in [0.3, 0.4) is 0 Å². The van der Waals surface area contributed by atoms with Crippen molar-refractivity contribution in [2.75, 3.05) is 13.1 Å². The first-order valence-electron chi connectivity index (χ1n) is 6.91. The van der Waals surface area contributed by atoms with Gasteiger partial charge >= 0.3 is 5.97 Å². The minimum absolute atomic E-state index is 0.136. The summed E-state index contributed by atoms with van der Waals surface area (Å²) in [6, 6.07) is 4.13. The molecule has 1 aliphatic carbocycles. The zero-order chi connectivity index (χ0) is 14.3. The van der Waals surface area contributed by atoms with Crippen LogP contribution in [0.4, 0.5) is 8.78 Å². The number of fused-ring (bicyclic) bond motifs is 1. The van der Waals surface area contributed by atoms with E-state index in [-0.39, 0.29) is 12.5 Å². The number of carbonyl (C=O) groups is 1. The van der Waals surface area contributed by atoms with Gasteiger partial charge in [-0.2, -0.15) is 0 Å². The van der Waals surface area contributed by atoms with Crippen LogP contribution in [0.5, 0.6) is 0 Å². The fourth-order valence-corrected chi connectivity index (χ4v) is 3.77. The maximum absolute atomic E-state index is 13.7. The number of nitrogens with zero attached hydrogens (tertiary/aromatic N) is 1. The lowest BCUT2D eigenvalue weighted by molar-refractivity contribution is -0.149. The largest absolute Gasteiger partial charge is 0.481 e. The lowest BCUT2D eigenvalue weighted by Crippen LogP contribution is -2.35. The van der Waals surface area contributed by atoms with E-state index < -0.39 is 23.0 Å². The van der Waals surface area contributed by atoms with Gasteiger partial charge in [-0.05, 0) is 24.8 Å². The predicted molar refractivity (Wildman–Crippen MR) is 69.0 cm³/mol. The second kappa shape index (κ2) is 4.81. The molecule has 1 saturated heterocycles. The van der Waals surface area contributed by atoms with E-state index in [2.05, 4.69) is 0 Å². The second-order valence-corrected chi connectivity index (χ2v) is 5.93. The van der Waals surface area contributed by atoms with Gasteiger partial charge in [-0.3, -0.25) is 9.69 Å². The highest BCUT2D eigenvalue weighted by Crippen LogP contribution is 2.49. The molecule has 0 spiro atoms. The molecule has 1 aromatic rings. The molecule has 2 atom stereocenters. The standard InChI is InChI=1S/C15H17F2NO2/c16-12-5-1-3-10(13(12)17)7-18-8-11-4-2-6-15(11,9-18)14(19)20/h1,3,5,11H,2,4,6-9H2,(H,19,20)/t11-,15+/m0/s1. The fourth-order valence-electron chi connectivity index (χ4n) is 3.77. The number of likely N-dealkylation sites (tertiary alicyclic amines) is 1. The molecule has 0 radical (unpaired) electrons. The molecule has 2 aliphatic rings. The van der Waals surface area contributed by atoms with E-state index in [1.165, 1.54) is 6.07 Å². The Hall–Kier alpha value is -1.49. The number of carboxylic acid groups (broad SMARTS) is 1. The van der Waals surface area contributed by atoms with Crippen LogP contribution in [-0.2, 0) is 11.3 Å². The zero-order valence-corrected chi connectivity index (χ0v) is 11.1. The Morgan fingerprint density at radius 3 is 2.95 bits per heavy atom. The van der Waals surface area contributed by atoms with E-state index in [1.54, 1.807) is 6.07 Å². The van der Waals surface area contributed by atoms with Crippen molar-refractivity contribution in [1.29, 1.82) is 0 Å². The molecule has 1 aromatic carbocycles. The number of aliphatic carboxylic acids is 1. The molecule has 0 amide bonds. The molecule has 1 N–H and O–H groups in total. The zero-order valence-electron chi connectivity index (χ0n) is 11.1. The smallest absolute Gasteiger partial charge is 0.311 e. The Bertz CT molecular complexity index is 549. The van der Waals surface area contributed by atoms with Crippen LogP contribution >= 0.6 is 0 Å². The molecular formula is C15H17F2NO2. The van der Waals surface area contributed by atoms with E-state index in [1.807, 2.05) is 4.90 Å². The monoisotopic (exact) mass is 281 g/mol. The number of halogens is 2. The molecule has 0 bridgehead atoms. The summed E-state index contributed by atoms with van der Waals surface area (Å²) >= 11 is 0. The minimum atomic E-state index is -0.852. The van der Waals surface area contributed by atoms with Gasteiger partial charge in [0.2, 0.25) is 0 Å². The quantitative estimate of drug-likeness (QED) is 0.926. The van der Waals surface area contributed by atoms with Crippen molar-refractivity contribution < 1.29 is 18.7 Å². The van der Waals surface area contributed by atoms with Crippen molar-refractivity contribution in [2.24, 2.45) is 11.3 Å². The fraction of sp³-hybridized carbons (Fsp3) is 0.533. The van der Waals surface area contributed by atoms with Crippen molar-refractivity contribution in [3.63, 3.8) is 0 Å². The number of benzene rings is 1. The van der Waals surface area contributed by atoms with Gasteiger partial charge in [0.25, 0.3) is 0 Å². The Morgan fingerprint density at radius 1 is 1.45 bits per heavy atom. The van der Waals surface area contributed by atoms with E-state index >= 15 is 0 Å². The predicted octanol–water partition coefficient (Wildman–Crippen LogP) is 2.65. The molecule has 3 nitrogen and oxygen atoms in total. The van der Waals surface area contributed by atoms with Gasteiger partial charge in [0.05, 0.1) is 5.41 Å². The SMILES string of the molecule is O=C(O)[C@@]12CCC[C@H]1CN(Cc1cccc(F)c1F)C2. The second-order valence-electron chi connectivity index (χ2n) is 5.93. The molecule has 20 heavy (non-hydrogen) atoms. The van der Waals surface area contributed by atoms with E-state index in [0.717, 1.165) is 18.9 Å². The molecule has 0 aromatic heterocycles. The normalized spacial score (nSPS) is 29.6. The third-order valence-electron chi connectivity index (χ3n) is 4.79. The summed E-state index contributed by atoms with van der Waals surface area (Å²) in [5, 5.41) is 9.50. The van der Waals surface area contributed by atoms with Crippen LogP contribution in [0.1, 0.15) is 24.8 Å². The Balaban J connectivity index is 1.78. The van der Waals surface area contributed by atoms with Crippen LogP contribution in [0.15, 0.2) is 18.2 Å². The summed E-state index contributed by atoms with van der Waals surface area (Å²) < 4.78 is 26.9. The van der Waals surface area contributed by atoms with Crippen LogP contribution < -0.4 is 0 Å². The van der Waals surface area contributed by atoms with Gasteiger partial charge in [-0.15, -0.1) is 0 Å². The highest BCUT2D eigenvalue weighted by molar-refractivity contribution is 5.76. The summed E-state index contributed by atoms with van der Waals surface area (Å²) in [6.45, 7) is 1.36. The first-order chi connectivity index (χ1) is 9.53. The van der Waals surface area contributed by atoms with Crippen molar-refractivity contribution in [1.82, 2.24) is 4.90 Å². The van der Waals surface area contributed by atoms with Crippen molar-refractivity contribution >= 4 is 5.97 Å². The lowest BCUT2D eigenvalue weighted by Gasteiger charge is -2.23. The summed E-state index contributed by atoms with van der Waals surface area (Å²) in [5.74, 6) is -2.29. The van der Waals surface area contributed by atoms with Crippen molar-refractivity contribution in [3.05, 3.63) is 35.4 Å². The van der Waals surface area contributed by atoms with Gasteiger partial charge in [0.1, 0.15) is 0 Å². The van der Waals surface area contributed by atoms with Crippen molar-refractivity contribution in [3.8, 4) is 0 Å². The van der Waals surface area contributed by atoms with Crippen molar-refractivity contribution in [2.45, 2.75) is 25.8 Å². The molecule has 0 unspecified atom stereocenters. The van der Waals surface area contributed by atoms with E-state index in [0.29, 0.717) is 25.1 Å². The van der Waals surface area contributed by atoms with Gasteiger partial charge in [-0.25, -0.2) is 8.78 Å². The molecule has 1 aliphatic heterocycles.